The van der Waals surface area contributed by atoms with Gasteiger partial charge in [0.05, 0.1) is 6.61 Å². The lowest BCUT2D eigenvalue weighted by atomic mass is 9.48. The average Bonchev–Trinajstić information content (AvgIpc) is 2.95. The Labute approximate surface area is 145 Å². The van der Waals surface area contributed by atoms with Crippen LogP contribution >= 0.6 is 0 Å². The number of fused-ring (bicyclic) bond motifs is 5. The number of ether oxygens (including phenoxy) is 1. The summed E-state index contributed by atoms with van der Waals surface area (Å²) in [6.45, 7) is 4.29. The fourth-order valence-electron chi connectivity index (χ4n) is 7.05. The molecule has 24 heavy (non-hydrogen) atoms. The number of carbonyl (C=O) groups excluding carboxylic acids is 1. The maximum absolute atomic E-state index is 11.3. The molecule has 0 aromatic carbocycles. The zero-order valence-electron chi connectivity index (χ0n) is 15.2. The first-order valence-electron chi connectivity index (χ1n) is 9.96. The van der Waals surface area contributed by atoms with Crippen LogP contribution in [0, 0.1) is 28.6 Å². The summed E-state index contributed by atoms with van der Waals surface area (Å²) in [5.74, 6) is 2.07. The number of rotatable bonds is 2. The Morgan fingerprint density at radius 2 is 2.08 bits per heavy atom. The lowest BCUT2D eigenvalue weighted by molar-refractivity contribution is -0.149. The molecule has 0 amide bonds. The number of hydrogen-bond acceptors (Lipinski definition) is 3. The van der Waals surface area contributed by atoms with E-state index < -0.39 is 0 Å². The van der Waals surface area contributed by atoms with E-state index in [9.17, 15) is 9.90 Å². The van der Waals surface area contributed by atoms with Crippen molar-refractivity contribution in [1.82, 2.24) is 0 Å². The Morgan fingerprint density at radius 3 is 2.83 bits per heavy atom. The molecule has 0 saturated heterocycles. The molecule has 4 aliphatic rings. The zero-order valence-corrected chi connectivity index (χ0v) is 15.2. The van der Waals surface area contributed by atoms with E-state index in [4.69, 9.17) is 4.74 Å². The maximum atomic E-state index is 11.3. The van der Waals surface area contributed by atoms with Gasteiger partial charge in [-0.3, -0.25) is 4.79 Å². The van der Waals surface area contributed by atoms with E-state index in [2.05, 4.69) is 13.0 Å². The lowest BCUT2D eigenvalue weighted by Gasteiger charge is -2.58. The van der Waals surface area contributed by atoms with Gasteiger partial charge in [0.1, 0.15) is 6.10 Å². The van der Waals surface area contributed by atoms with Gasteiger partial charge in [0.25, 0.3) is 0 Å². The number of carbonyl (C=O) groups is 1. The molecule has 4 aliphatic carbocycles. The van der Waals surface area contributed by atoms with E-state index in [1.807, 2.05) is 0 Å². The van der Waals surface area contributed by atoms with E-state index in [0.29, 0.717) is 11.3 Å². The van der Waals surface area contributed by atoms with Gasteiger partial charge in [0.2, 0.25) is 0 Å². The van der Waals surface area contributed by atoms with Gasteiger partial charge < -0.3 is 9.84 Å². The van der Waals surface area contributed by atoms with Crippen molar-refractivity contribution in [2.24, 2.45) is 28.6 Å². The molecule has 0 heterocycles. The van der Waals surface area contributed by atoms with E-state index in [-0.39, 0.29) is 24.1 Å². The summed E-state index contributed by atoms with van der Waals surface area (Å²) in [4.78, 5) is 11.3. The van der Waals surface area contributed by atoms with Crippen molar-refractivity contribution in [1.29, 1.82) is 0 Å². The predicted molar refractivity (Wildman–Crippen MR) is 93.3 cm³/mol. The molecule has 3 nitrogen and oxygen atoms in total. The van der Waals surface area contributed by atoms with Crippen LogP contribution in [0.3, 0.4) is 0 Å². The predicted octanol–water partition coefficient (Wildman–Crippen LogP) is 4.24. The Hall–Kier alpha value is -0.830. The normalized spacial score (nSPS) is 47.2. The van der Waals surface area contributed by atoms with Crippen LogP contribution in [-0.2, 0) is 9.53 Å². The van der Waals surface area contributed by atoms with Crippen LogP contribution in [0.2, 0.25) is 0 Å². The minimum atomic E-state index is -0.176. The Bertz CT molecular complexity index is 553. The number of aliphatic hydroxyl groups excluding tert-OH is 1. The fourth-order valence-corrected chi connectivity index (χ4v) is 7.05. The van der Waals surface area contributed by atoms with Crippen LogP contribution in [0.1, 0.15) is 71.6 Å². The number of aliphatic hydroxyl groups is 1. The van der Waals surface area contributed by atoms with Crippen LogP contribution in [-0.4, -0.2) is 23.8 Å². The molecule has 0 bridgehead atoms. The van der Waals surface area contributed by atoms with Crippen molar-refractivity contribution in [3.05, 3.63) is 11.6 Å². The number of esters is 1. The van der Waals surface area contributed by atoms with Gasteiger partial charge in [-0.25, -0.2) is 0 Å². The first kappa shape index (κ1) is 16.6. The van der Waals surface area contributed by atoms with Gasteiger partial charge in [0.15, 0.2) is 0 Å². The summed E-state index contributed by atoms with van der Waals surface area (Å²) in [5.41, 5.74) is 1.92. The van der Waals surface area contributed by atoms with E-state index in [1.165, 1.54) is 51.0 Å². The standard InChI is InChI=1S/C21H32O3/c1-14(23)24-16-7-11-21(13-22)15(12-16)5-6-17-18-4-3-9-20(18,2)10-8-19(17)21/h5,16-19,22H,3-4,6-13H2,1-2H3/t16-,17-,18-,19-,20-,21+/m0/s1. The molecule has 3 heteroatoms. The second-order valence-electron chi connectivity index (χ2n) is 9.22. The first-order chi connectivity index (χ1) is 11.5. The Balaban J connectivity index is 1.62. The topological polar surface area (TPSA) is 46.5 Å². The van der Waals surface area contributed by atoms with Gasteiger partial charge in [-0.1, -0.05) is 25.0 Å². The van der Waals surface area contributed by atoms with E-state index in [0.717, 1.165) is 31.1 Å². The van der Waals surface area contributed by atoms with E-state index >= 15 is 0 Å². The number of allylic oxidation sites excluding steroid dienone is 1. The third-order valence-electron chi connectivity index (χ3n) is 8.18. The molecule has 6 atom stereocenters. The highest BCUT2D eigenvalue weighted by atomic mass is 16.5. The molecule has 0 radical (unpaired) electrons. The summed E-state index contributed by atoms with van der Waals surface area (Å²) in [5, 5.41) is 10.4. The summed E-state index contributed by atoms with van der Waals surface area (Å²) in [7, 11) is 0. The summed E-state index contributed by atoms with van der Waals surface area (Å²) < 4.78 is 5.49. The van der Waals surface area contributed by atoms with Gasteiger partial charge >= 0.3 is 5.97 Å². The second kappa shape index (κ2) is 5.86. The van der Waals surface area contributed by atoms with Crippen LogP contribution < -0.4 is 0 Å². The molecule has 0 aliphatic heterocycles. The third kappa shape index (κ3) is 2.38. The molecule has 3 fully saturated rings. The second-order valence-corrected chi connectivity index (χ2v) is 9.22. The lowest BCUT2D eigenvalue weighted by Crippen LogP contribution is -2.52. The smallest absolute Gasteiger partial charge is 0.302 e. The van der Waals surface area contributed by atoms with Gasteiger partial charge in [-0.15, -0.1) is 0 Å². The molecule has 0 aromatic rings. The first-order valence-corrected chi connectivity index (χ1v) is 9.96. The molecule has 0 aromatic heterocycles. The molecule has 1 N–H and O–H groups in total. The molecule has 0 unspecified atom stereocenters. The highest BCUT2D eigenvalue weighted by Gasteiger charge is 2.57. The number of hydrogen-bond donors (Lipinski definition) is 1. The minimum absolute atomic E-state index is 0.0188. The van der Waals surface area contributed by atoms with Crippen LogP contribution in [0.5, 0.6) is 0 Å². The van der Waals surface area contributed by atoms with Crippen molar-refractivity contribution in [2.75, 3.05) is 6.61 Å². The average molecular weight is 332 g/mol. The summed E-state index contributed by atoms with van der Waals surface area (Å²) >= 11 is 0. The molecular formula is C21H32O3. The maximum Gasteiger partial charge on any atom is 0.302 e. The monoisotopic (exact) mass is 332 g/mol. The van der Waals surface area contributed by atoms with E-state index in [1.54, 1.807) is 0 Å². The Kier molecular flexibility index (Phi) is 4.06. The van der Waals surface area contributed by atoms with Crippen LogP contribution in [0.25, 0.3) is 0 Å². The van der Waals surface area contributed by atoms with Gasteiger partial charge in [0, 0.05) is 18.8 Å². The quantitative estimate of drug-likeness (QED) is 0.607. The highest BCUT2D eigenvalue weighted by Crippen LogP contribution is 2.64. The zero-order chi connectivity index (χ0) is 16.9. The van der Waals surface area contributed by atoms with Crippen molar-refractivity contribution >= 4 is 5.97 Å². The van der Waals surface area contributed by atoms with Crippen molar-refractivity contribution in [3.63, 3.8) is 0 Å². The minimum Gasteiger partial charge on any atom is -0.462 e. The largest absolute Gasteiger partial charge is 0.462 e. The van der Waals surface area contributed by atoms with Crippen molar-refractivity contribution in [2.45, 2.75) is 77.7 Å². The third-order valence-corrected chi connectivity index (χ3v) is 8.18. The summed E-state index contributed by atoms with van der Waals surface area (Å²) in [6, 6.07) is 0. The van der Waals surface area contributed by atoms with Crippen LogP contribution in [0.15, 0.2) is 11.6 Å². The van der Waals surface area contributed by atoms with Crippen LogP contribution in [0.4, 0.5) is 0 Å². The fraction of sp³-hybridized carbons (Fsp3) is 0.857. The molecule has 0 spiro atoms. The molecular weight excluding hydrogens is 300 g/mol. The van der Waals surface area contributed by atoms with Crippen molar-refractivity contribution < 1.29 is 14.6 Å². The molecule has 4 rings (SSSR count). The van der Waals surface area contributed by atoms with Crippen molar-refractivity contribution in [3.8, 4) is 0 Å². The Morgan fingerprint density at radius 1 is 1.25 bits per heavy atom. The highest BCUT2D eigenvalue weighted by molar-refractivity contribution is 5.66. The van der Waals surface area contributed by atoms with Gasteiger partial charge in [-0.05, 0) is 68.1 Å². The molecule has 3 saturated carbocycles. The summed E-state index contributed by atoms with van der Waals surface area (Å²) in [6.07, 6.45) is 13.1. The SMILES string of the molecule is CC(=O)O[C@H]1CC[C@@]2(CO)C(=CC[C@H]3[C@@H]4CCC[C@@]4(C)CC[C@@H]32)C1. The van der Waals surface area contributed by atoms with Gasteiger partial charge in [-0.2, -0.15) is 0 Å². The molecule has 134 valence electrons.